The molecular weight excluding hydrogens is 284 g/mol. The van der Waals surface area contributed by atoms with Crippen molar-refractivity contribution in [3.05, 3.63) is 24.3 Å². The number of anilines is 2. The van der Waals surface area contributed by atoms with Gasteiger partial charge in [-0.05, 0) is 12.1 Å². The van der Waals surface area contributed by atoms with Crippen molar-refractivity contribution < 1.29 is 18.0 Å². The molecule has 0 aromatic heterocycles. The number of hydrogen-bond acceptors (Lipinski definition) is 5. The molecule has 0 heterocycles. The fourth-order valence-electron chi connectivity index (χ4n) is 1.42. The van der Waals surface area contributed by atoms with Gasteiger partial charge in [-0.1, -0.05) is 12.1 Å². The number of benzene rings is 1. The van der Waals surface area contributed by atoms with Crippen LogP contribution >= 0.6 is 0 Å². The second-order valence-corrected chi connectivity index (χ2v) is 5.93. The number of carbonyl (C=O) groups is 2. The zero-order chi connectivity index (χ0) is 15.3. The summed E-state index contributed by atoms with van der Waals surface area (Å²) in [5.74, 6) is -1.33. The molecule has 0 aliphatic heterocycles. The third-order valence-electron chi connectivity index (χ3n) is 2.24. The Morgan fingerprint density at radius 1 is 1.25 bits per heavy atom. The summed E-state index contributed by atoms with van der Waals surface area (Å²) >= 11 is 0. The predicted molar refractivity (Wildman–Crippen MR) is 75.3 cm³/mol. The normalized spacial score (nSPS) is 12.5. The molecule has 1 aromatic carbocycles. The minimum Gasteiger partial charge on any atom is -0.370 e. The number of carbonyl (C=O) groups excluding carboxylic acids is 2. The van der Waals surface area contributed by atoms with Crippen LogP contribution in [0.1, 0.15) is 6.42 Å². The molecular formula is C11H16N4O4S. The molecule has 20 heavy (non-hydrogen) atoms. The van der Waals surface area contributed by atoms with E-state index in [4.69, 9.17) is 11.5 Å². The Morgan fingerprint density at radius 3 is 2.30 bits per heavy atom. The van der Waals surface area contributed by atoms with Crippen LogP contribution in [0.4, 0.5) is 11.4 Å². The highest BCUT2D eigenvalue weighted by Gasteiger charge is 2.17. The van der Waals surface area contributed by atoms with Crippen molar-refractivity contribution in [1.82, 2.24) is 0 Å². The maximum atomic E-state index is 11.7. The van der Waals surface area contributed by atoms with Gasteiger partial charge in [-0.15, -0.1) is 0 Å². The van der Waals surface area contributed by atoms with Crippen molar-refractivity contribution >= 4 is 33.2 Å². The summed E-state index contributed by atoms with van der Waals surface area (Å²) < 4.78 is 24.7. The van der Waals surface area contributed by atoms with Gasteiger partial charge in [0.25, 0.3) is 0 Å². The Balaban J connectivity index is 2.87. The second-order valence-electron chi connectivity index (χ2n) is 4.19. The highest BCUT2D eigenvalue weighted by molar-refractivity contribution is 7.92. The van der Waals surface area contributed by atoms with Gasteiger partial charge in [-0.2, -0.15) is 0 Å². The van der Waals surface area contributed by atoms with E-state index in [2.05, 4.69) is 10.0 Å². The summed E-state index contributed by atoms with van der Waals surface area (Å²) in [6.45, 7) is 0. The van der Waals surface area contributed by atoms with E-state index in [-0.39, 0.29) is 17.8 Å². The average Bonchev–Trinajstić information content (AvgIpc) is 2.28. The maximum Gasteiger partial charge on any atom is 0.241 e. The minimum atomic E-state index is -3.48. The number of hydrogen-bond donors (Lipinski definition) is 4. The van der Waals surface area contributed by atoms with Crippen LogP contribution in [0.5, 0.6) is 0 Å². The van der Waals surface area contributed by atoms with E-state index in [9.17, 15) is 18.0 Å². The van der Waals surface area contributed by atoms with E-state index in [1.54, 1.807) is 12.1 Å². The highest BCUT2D eigenvalue weighted by atomic mass is 32.2. The molecule has 0 saturated carbocycles. The first-order valence-corrected chi connectivity index (χ1v) is 7.50. The minimum absolute atomic E-state index is 0.203. The molecule has 6 N–H and O–H groups in total. The molecule has 0 fully saturated rings. The number of nitrogens with two attached hydrogens (primary N) is 2. The van der Waals surface area contributed by atoms with Gasteiger partial charge in [-0.3, -0.25) is 14.3 Å². The Kier molecular flexibility index (Phi) is 5.06. The van der Waals surface area contributed by atoms with Gasteiger partial charge < -0.3 is 16.8 Å². The molecule has 1 unspecified atom stereocenters. The largest absolute Gasteiger partial charge is 0.370 e. The quantitative estimate of drug-likeness (QED) is 0.543. The van der Waals surface area contributed by atoms with Crippen molar-refractivity contribution in [3.63, 3.8) is 0 Å². The van der Waals surface area contributed by atoms with Crippen LogP contribution in [0.2, 0.25) is 0 Å². The maximum absolute atomic E-state index is 11.7. The lowest BCUT2D eigenvalue weighted by atomic mass is 10.2. The Bertz CT molecular complexity index is 615. The molecule has 0 aliphatic carbocycles. The summed E-state index contributed by atoms with van der Waals surface area (Å²) in [6, 6.07) is 5.10. The van der Waals surface area contributed by atoms with Crippen LogP contribution in [0, 0.1) is 0 Å². The van der Waals surface area contributed by atoms with Gasteiger partial charge in [0, 0.05) is 0 Å². The molecule has 1 atom stereocenters. The third kappa shape index (κ3) is 5.24. The topological polar surface area (TPSA) is 144 Å². The lowest BCUT2D eigenvalue weighted by molar-refractivity contribution is -0.123. The fourth-order valence-corrected chi connectivity index (χ4v) is 1.99. The summed E-state index contributed by atoms with van der Waals surface area (Å²) in [7, 11) is -3.48. The van der Waals surface area contributed by atoms with Crippen LogP contribution in [0.25, 0.3) is 0 Å². The lowest BCUT2D eigenvalue weighted by Gasteiger charge is -2.14. The Hall–Kier alpha value is -2.13. The van der Waals surface area contributed by atoms with Crippen molar-refractivity contribution in [2.24, 2.45) is 11.5 Å². The van der Waals surface area contributed by atoms with E-state index >= 15 is 0 Å². The fraction of sp³-hybridized carbons (Fsp3) is 0.273. The van der Waals surface area contributed by atoms with Crippen molar-refractivity contribution in [2.75, 3.05) is 16.3 Å². The summed E-state index contributed by atoms with van der Waals surface area (Å²) in [4.78, 5) is 22.4. The molecule has 0 spiro atoms. The summed E-state index contributed by atoms with van der Waals surface area (Å²) in [5.41, 5.74) is 10.9. The molecule has 110 valence electrons. The number of primary amides is 1. The predicted octanol–water partition coefficient (Wildman–Crippen LogP) is -0.801. The Labute approximate surface area is 116 Å². The van der Waals surface area contributed by atoms with Crippen LogP contribution < -0.4 is 21.5 Å². The average molecular weight is 300 g/mol. The van der Waals surface area contributed by atoms with Gasteiger partial charge in [-0.25, -0.2) is 8.42 Å². The summed E-state index contributed by atoms with van der Waals surface area (Å²) in [5, 5.41) is 2.44. The molecule has 2 amide bonds. The van der Waals surface area contributed by atoms with Crippen LogP contribution in [0.15, 0.2) is 24.3 Å². The lowest BCUT2D eigenvalue weighted by Crippen LogP contribution is -2.39. The van der Waals surface area contributed by atoms with Gasteiger partial charge >= 0.3 is 0 Å². The SMILES string of the molecule is CS(=O)(=O)Nc1ccccc1NC(=O)C(N)CC(N)=O. The Morgan fingerprint density at radius 2 is 1.80 bits per heavy atom. The molecule has 1 rings (SSSR count). The molecule has 9 heteroatoms. The standard InChI is InChI=1S/C11H16N4O4S/c1-20(18,19)15-9-5-3-2-4-8(9)14-11(17)7(12)6-10(13)16/h2-5,7,15H,6,12H2,1H3,(H2,13,16)(H,14,17). The van der Waals surface area contributed by atoms with E-state index in [1.165, 1.54) is 12.1 Å². The van der Waals surface area contributed by atoms with Gasteiger partial charge in [0.2, 0.25) is 21.8 Å². The molecule has 1 aromatic rings. The molecule has 0 bridgehead atoms. The molecule has 8 nitrogen and oxygen atoms in total. The van der Waals surface area contributed by atoms with Gasteiger partial charge in [0.15, 0.2) is 0 Å². The highest BCUT2D eigenvalue weighted by Crippen LogP contribution is 2.22. The monoisotopic (exact) mass is 300 g/mol. The number of rotatable bonds is 6. The van der Waals surface area contributed by atoms with Crippen LogP contribution in [-0.2, 0) is 19.6 Å². The first-order valence-electron chi connectivity index (χ1n) is 5.60. The van der Waals surface area contributed by atoms with E-state index < -0.39 is 27.9 Å². The van der Waals surface area contributed by atoms with Gasteiger partial charge in [0.05, 0.1) is 30.1 Å². The number of amides is 2. The molecule has 0 saturated heterocycles. The van der Waals surface area contributed by atoms with Gasteiger partial charge in [0.1, 0.15) is 0 Å². The number of sulfonamides is 1. The third-order valence-corrected chi connectivity index (χ3v) is 2.83. The molecule has 0 aliphatic rings. The van der Waals surface area contributed by atoms with E-state index in [0.717, 1.165) is 6.26 Å². The first-order chi connectivity index (χ1) is 9.19. The van der Waals surface area contributed by atoms with E-state index in [0.29, 0.717) is 0 Å². The van der Waals surface area contributed by atoms with E-state index in [1.807, 2.05) is 0 Å². The smallest absolute Gasteiger partial charge is 0.241 e. The number of nitrogens with one attached hydrogen (secondary N) is 2. The van der Waals surface area contributed by atoms with Crippen molar-refractivity contribution in [1.29, 1.82) is 0 Å². The number of para-hydroxylation sites is 2. The summed E-state index contributed by atoms with van der Waals surface area (Å²) in [6.07, 6.45) is 0.692. The second kappa shape index (κ2) is 6.35. The van der Waals surface area contributed by atoms with Crippen molar-refractivity contribution in [2.45, 2.75) is 12.5 Å². The van der Waals surface area contributed by atoms with Crippen LogP contribution in [-0.4, -0.2) is 32.5 Å². The van der Waals surface area contributed by atoms with Crippen LogP contribution in [0.3, 0.4) is 0 Å². The first kappa shape index (κ1) is 15.9. The van der Waals surface area contributed by atoms with Crippen molar-refractivity contribution in [3.8, 4) is 0 Å². The molecule has 0 radical (unpaired) electrons. The zero-order valence-electron chi connectivity index (χ0n) is 10.8. The zero-order valence-corrected chi connectivity index (χ0v) is 11.6.